The number of unbranched alkanes of at least 4 members (excludes halogenated alkanes) is 2. The topological polar surface area (TPSA) is 0 Å². The molecule has 0 aromatic heterocycles. The summed E-state index contributed by atoms with van der Waals surface area (Å²) < 4.78 is 0. The highest BCUT2D eigenvalue weighted by Crippen LogP contribution is 2.31. The van der Waals surface area contributed by atoms with Crippen molar-refractivity contribution in [3.8, 4) is 23.0 Å². The summed E-state index contributed by atoms with van der Waals surface area (Å²) in [7, 11) is 0. The van der Waals surface area contributed by atoms with E-state index in [0.29, 0.717) is 5.92 Å². The minimum Gasteiger partial charge on any atom is -0.0945 e. The van der Waals surface area contributed by atoms with Gasteiger partial charge in [0.2, 0.25) is 0 Å². The van der Waals surface area contributed by atoms with Crippen molar-refractivity contribution >= 4 is 0 Å². The number of benzene rings is 2. The lowest BCUT2D eigenvalue weighted by Crippen LogP contribution is -2.13. The van der Waals surface area contributed by atoms with Gasteiger partial charge in [0.25, 0.3) is 0 Å². The summed E-state index contributed by atoms with van der Waals surface area (Å²) >= 11 is 0. The molecule has 1 aliphatic rings. The smallest absolute Gasteiger partial charge is 0.0245 e. The summed E-state index contributed by atoms with van der Waals surface area (Å²) in [4.78, 5) is 0. The van der Waals surface area contributed by atoms with E-state index in [2.05, 4.69) is 74.2 Å². The SMILES string of the molecule is CCCCc1ccc(-c2ccc(C#CC3CCC(CCCC)CC3)cc2)cc1. The van der Waals surface area contributed by atoms with Gasteiger partial charge < -0.3 is 0 Å². The van der Waals surface area contributed by atoms with Crippen LogP contribution in [0.15, 0.2) is 48.5 Å². The second-order valence-electron chi connectivity index (χ2n) is 8.51. The largest absolute Gasteiger partial charge is 0.0945 e. The molecule has 0 radical (unpaired) electrons. The van der Waals surface area contributed by atoms with Gasteiger partial charge >= 0.3 is 0 Å². The normalized spacial score (nSPS) is 19.1. The summed E-state index contributed by atoms with van der Waals surface area (Å²) in [6.45, 7) is 4.54. The van der Waals surface area contributed by atoms with Gasteiger partial charge in [0.05, 0.1) is 0 Å². The fourth-order valence-electron chi connectivity index (χ4n) is 4.26. The predicted molar refractivity (Wildman–Crippen MR) is 122 cm³/mol. The Morgan fingerprint density at radius 1 is 0.750 bits per heavy atom. The lowest BCUT2D eigenvalue weighted by molar-refractivity contribution is 0.296. The summed E-state index contributed by atoms with van der Waals surface area (Å²) in [5, 5.41) is 0. The third kappa shape index (κ3) is 6.27. The Balaban J connectivity index is 1.53. The minimum atomic E-state index is 0.605. The number of rotatable bonds is 7. The van der Waals surface area contributed by atoms with Gasteiger partial charge in [-0.05, 0) is 73.3 Å². The van der Waals surface area contributed by atoms with Crippen LogP contribution in [0.25, 0.3) is 11.1 Å². The molecule has 0 saturated heterocycles. The number of hydrogen-bond acceptors (Lipinski definition) is 0. The highest BCUT2D eigenvalue weighted by Gasteiger charge is 2.19. The molecule has 148 valence electrons. The quantitative estimate of drug-likeness (QED) is 0.431. The van der Waals surface area contributed by atoms with Crippen LogP contribution < -0.4 is 0 Å². The van der Waals surface area contributed by atoms with Crippen molar-refractivity contribution in [1.82, 2.24) is 0 Å². The third-order valence-electron chi connectivity index (χ3n) is 6.22. The van der Waals surface area contributed by atoms with Crippen molar-refractivity contribution in [2.24, 2.45) is 11.8 Å². The molecule has 0 bridgehead atoms. The van der Waals surface area contributed by atoms with Crippen molar-refractivity contribution in [2.75, 3.05) is 0 Å². The van der Waals surface area contributed by atoms with E-state index in [-0.39, 0.29) is 0 Å². The molecule has 0 heterocycles. The average molecular weight is 373 g/mol. The minimum absolute atomic E-state index is 0.605. The Kier molecular flexibility index (Phi) is 8.23. The van der Waals surface area contributed by atoms with Crippen molar-refractivity contribution in [2.45, 2.75) is 78.1 Å². The molecular formula is C28H36. The van der Waals surface area contributed by atoms with E-state index in [1.807, 2.05) is 0 Å². The summed E-state index contributed by atoms with van der Waals surface area (Å²) in [6, 6.07) is 17.8. The molecule has 0 aliphatic heterocycles. The van der Waals surface area contributed by atoms with Gasteiger partial charge in [-0.2, -0.15) is 0 Å². The first kappa shape index (κ1) is 20.7. The van der Waals surface area contributed by atoms with E-state index in [0.717, 1.165) is 11.5 Å². The average Bonchev–Trinajstić information content (AvgIpc) is 2.76. The van der Waals surface area contributed by atoms with Crippen LogP contribution in [-0.2, 0) is 6.42 Å². The van der Waals surface area contributed by atoms with Crippen molar-refractivity contribution in [3.05, 3.63) is 59.7 Å². The third-order valence-corrected chi connectivity index (χ3v) is 6.22. The molecule has 1 fully saturated rings. The van der Waals surface area contributed by atoms with Crippen molar-refractivity contribution < 1.29 is 0 Å². The molecule has 0 N–H and O–H groups in total. The van der Waals surface area contributed by atoms with Gasteiger partial charge in [-0.1, -0.05) is 87.8 Å². The molecule has 28 heavy (non-hydrogen) atoms. The predicted octanol–water partition coefficient (Wildman–Crippen LogP) is 8.04. The van der Waals surface area contributed by atoms with Gasteiger partial charge in [-0.3, -0.25) is 0 Å². The van der Waals surface area contributed by atoms with Gasteiger partial charge in [0.1, 0.15) is 0 Å². The summed E-state index contributed by atoms with van der Waals surface area (Å²) in [5.74, 6) is 8.55. The zero-order valence-electron chi connectivity index (χ0n) is 17.8. The van der Waals surface area contributed by atoms with Crippen molar-refractivity contribution in [1.29, 1.82) is 0 Å². The standard InChI is InChI=1S/C28H36/c1-3-5-7-23-9-11-25(12-10-23)13-14-26-17-21-28(22-18-26)27-19-15-24(16-20-27)8-6-4-2/h15-23,25H,3-12H2,1-2H3. The molecule has 0 nitrogen and oxygen atoms in total. The summed E-state index contributed by atoms with van der Waals surface area (Å²) in [5.41, 5.74) is 5.17. The van der Waals surface area contributed by atoms with Crippen LogP contribution in [0.5, 0.6) is 0 Å². The second kappa shape index (κ2) is 11.1. The molecule has 2 aromatic rings. The van der Waals surface area contributed by atoms with Crippen LogP contribution in [0.1, 0.15) is 82.8 Å². The Morgan fingerprint density at radius 3 is 1.96 bits per heavy atom. The molecule has 0 amide bonds. The van der Waals surface area contributed by atoms with Crippen LogP contribution in [0.4, 0.5) is 0 Å². The molecule has 2 aromatic carbocycles. The maximum absolute atomic E-state index is 3.55. The van der Waals surface area contributed by atoms with E-state index in [4.69, 9.17) is 0 Å². The van der Waals surface area contributed by atoms with Crippen LogP contribution in [0.3, 0.4) is 0 Å². The van der Waals surface area contributed by atoms with Gasteiger partial charge in [0, 0.05) is 11.5 Å². The Labute approximate surface area is 172 Å². The number of aryl methyl sites for hydroxylation is 1. The van der Waals surface area contributed by atoms with E-state index >= 15 is 0 Å². The molecule has 0 atom stereocenters. The Bertz CT molecular complexity index is 746. The van der Waals surface area contributed by atoms with Gasteiger partial charge in [0.15, 0.2) is 0 Å². The first-order chi connectivity index (χ1) is 13.8. The van der Waals surface area contributed by atoms with E-state index in [9.17, 15) is 0 Å². The molecule has 3 rings (SSSR count). The Hall–Kier alpha value is -2.00. The molecule has 0 unspecified atom stereocenters. The molecule has 1 saturated carbocycles. The zero-order chi connectivity index (χ0) is 19.6. The fourth-order valence-corrected chi connectivity index (χ4v) is 4.26. The monoisotopic (exact) mass is 372 g/mol. The van der Waals surface area contributed by atoms with Crippen molar-refractivity contribution in [3.63, 3.8) is 0 Å². The van der Waals surface area contributed by atoms with E-state index in [1.165, 1.54) is 80.9 Å². The lowest BCUT2D eigenvalue weighted by atomic mass is 9.80. The first-order valence-corrected chi connectivity index (χ1v) is 11.5. The van der Waals surface area contributed by atoms with E-state index in [1.54, 1.807) is 0 Å². The van der Waals surface area contributed by atoms with Crippen LogP contribution >= 0.6 is 0 Å². The maximum Gasteiger partial charge on any atom is 0.0245 e. The van der Waals surface area contributed by atoms with Gasteiger partial charge in [-0.25, -0.2) is 0 Å². The van der Waals surface area contributed by atoms with Crippen LogP contribution in [-0.4, -0.2) is 0 Å². The fraction of sp³-hybridized carbons (Fsp3) is 0.500. The van der Waals surface area contributed by atoms with E-state index < -0.39 is 0 Å². The highest BCUT2D eigenvalue weighted by molar-refractivity contribution is 5.64. The van der Waals surface area contributed by atoms with Crippen LogP contribution in [0.2, 0.25) is 0 Å². The Morgan fingerprint density at radius 2 is 1.36 bits per heavy atom. The zero-order valence-corrected chi connectivity index (χ0v) is 17.8. The second-order valence-corrected chi connectivity index (χ2v) is 8.51. The van der Waals surface area contributed by atoms with Gasteiger partial charge in [-0.15, -0.1) is 0 Å². The molecule has 0 heteroatoms. The molecule has 0 spiro atoms. The summed E-state index contributed by atoms with van der Waals surface area (Å²) in [6.07, 6.45) is 13.2. The maximum atomic E-state index is 3.55. The first-order valence-electron chi connectivity index (χ1n) is 11.5. The molecular weight excluding hydrogens is 336 g/mol. The highest BCUT2D eigenvalue weighted by atomic mass is 14.2. The number of hydrogen-bond donors (Lipinski definition) is 0. The van der Waals surface area contributed by atoms with Crippen LogP contribution in [0, 0.1) is 23.7 Å². The molecule has 1 aliphatic carbocycles. The lowest BCUT2D eigenvalue weighted by Gasteiger charge is -2.25.